The molecule has 1 heteroatoms. The van der Waals surface area contributed by atoms with Gasteiger partial charge in [0.25, 0.3) is 0 Å². The summed E-state index contributed by atoms with van der Waals surface area (Å²) in [5, 5.41) is 9.08. The lowest BCUT2D eigenvalue weighted by Crippen LogP contribution is -1.85. The van der Waals surface area contributed by atoms with Gasteiger partial charge in [0.05, 0.1) is 11.6 Å². The number of hydrogen-bond acceptors (Lipinski definition) is 1. The predicted molar refractivity (Wildman–Crippen MR) is 64.5 cm³/mol. The molecule has 0 N–H and O–H groups in total. The first-order valence-electron chi connectivity index (χ1n) is 4.91. The van der Waals surface area contributed by atoms with Gasteiger partial charge in [-0.1, -0.05) is 42.3 Å². The molecular weight excluding hydrogens is 194 g/mol. The fraction of sp³-hybridized carbons (Fsp3) is 0. The van der Waals surface area contributed by atoms with Crippen LogP contribution in [0.2, 0.25) is 0 Å². The first-order chi connectivity index (χ1) is 7.85. The van der Waals surface area contributed by atoms with E-state index in [-0.39, 0.29) is 0 Å². The topological polar surface area (TPSA) is 23.8 Å². The minimum Gasteiger partial charge on any atom is -0.192 e. The SMILES string of the molecule is C#Cc1ccc(-c2ccccc2)c(C#N)c1. The normalized spacial score (nSPS) is 9.12. The number of hydrogen-bond donors (Lipinski definition) is 0. The molecule has 0 aliphatic carbocycles. The minimum absolute atomic E-state index is 0.613. The van der Waals surface area contributed by atoms with E-state index in [1.54, 1.807) is 6.07 Å². The summed E-state index contributed by atoms with van der Waals surface area (Å²) < 4.78 is 0. The van der Waals surface area contributed by atoms with Crippen molar-refractivity contribution >= 4 is 0 Å². The maximum Gasteiger partial charge on any atom is 0.0998 e. The molecule has 0 unspecified atom stereocenters. The van der Waals surface area contributed by atoms with Crippen LogP contribution in [-0.2, 0) is 0 Å². The highest BCUT2D eigenvalue weighted by atomic mass is 14.2. The van der Waals surface area contributed by atoms with E-state index in [1.807, 2.05) is 42.5 Å². The molecule has 16 heavy (non-hydrogen) atoms. The van der Waals surface area contributed by atoms with Crippen LogP contribution in [0.15, 0.2) is 48.5 Å². The Morgan fingerprint density at radius 2 is 1.75 bits per heavy atom. The van der Waals surface area contributed by atoms with Crippen molar-refractivity contribution in [3.8, 4) is 29.5 Å². The van der Waals surface area contributed by atoms with E-state index >= 15 is 0 Å². The third-order valence-corrected chi connectivity index (χ3v) is 2.39. The van der Waals surface area contributed by atoms with Crippen LogP contribution >= 0.6 is 0 Å². The number of benzene rings is 2. The lowest BCUT2D eigenvalue weighted by molar-refractivity contribution is 1.47. The zero-order valence-corrected chi connectivity index (χ0v) is 8.64. The average Bonchev–Trinajstić information content (AvgIpc) is 2.39. The zero-order valence-electron chi connectivity index (χ0n) is 8.64. The fourth-order valence-electron chi connectivity index (χ4n) is 1.60. The first-order valence-corrected chi connectivity index (χ1v) is 4.91. The van der Waals surface area contributed by atoms with E-state index in [4.69, 9.17) is 11.7 Å². The van der Waals surface area contributed by atoms with E-state index in [1.165, 1.54) is 0 Å². The van der Waals surface area contributed by atoms with E-state index in [0.29, 0.717) is 5.56 Å². The van der Waals surface area contributed by atoms with Gasteiger partial charge < -0.3 is 0 Å². The monoisotopic (exact) mass is 203 g/mol. The second-order valence-corrected chi connectivity index (χ2v) is 3.38. The van der Waals surface area contributed by atoms with Crippen molar-refractivity contribution in [2.45, 2.75) is 0 Å². The Morgan fingerprint density at radius 3 is 2.38 bits per heavy atom. The Balaban J connectivity index is 2.60. The molecule has 0 atom stereocenters. The van der Waals surface area contributed by atoms with Crippen LogP contribution in [0.3, 0.4) is 0 Å². The lowest BCUT2D eigenvalue weighted by Gasteiger charge is -2.04. The fourth-order valence-corrected chi connectivity index (χ4v) is 1.60. The number of rotatable bonds is 1. The van der Waals surface area contributed by atoms with Crippen molar-refractivity contribution < 1.29 is 0 Å². The Labute approximate surface area is 95.0 Å². The summed E-state index contributed by atoms with van der Waals surface area (Å²) >= 11 is 0. The van der Waals surface area contributed by atoms with Gasteiger partial charge in [-0.2, -0.15) is 5.26 Å². The summed E-state index contributed by atoms with van der Waals surface area (Å²) in [5.74, 6) is 2.53. The molecule has 74 valence electrons. The van der Waals surface area contributed by atoms with Crippen molar-refractivity contribution in [2.24, 2.45) is 0 Å². The van der Waals surface area contributed by atoms with Gasteiger partial charge in [0.2, 0.25) is 0 Å². The van der Waals surface area contributed by atoms with Crippen molar-refractivity contribution in [1.29, 1.82) is 5.26 Å². The number of nitriles is 1. The quantitative estimate of drug-likeness (QED) is 0.653. The van der Waals surface area contributed by atoms with Crippen LogP contribution < -0.4 is 0 Å². The molecule has 0 saturated heterocycles. The Kier molecular flexibility index (Phi) is 2.72. The van der Waals surface area contributed by atoms with Crippen LogP contribution in [-0.4, -0.2) is 0 Å². The van der Waals surface area contributed by atoms with Crippen LogP contribution in [0.5, 0.6) is 0 Å². The van der Waals surface area contributed by atoms with E-state index in [0.717, 1.165) is 16.7 Å². The molecule has 0 aromatic heterocycles. The highest BCUT2D eigenvalue weighted by Gasteiger charge is 2.04. The maximum atomic E-state index is 9.08. The second-order valence-electron chi connectivity index (χ2n) is 3.38. The van der Waals surface area contributed by atoms with Gasteiger partial charge in [-0.15, -0.1) is 6.42 Å². The molecule has 0 spiro atoms. The molecule has 2 aromatic rings. The molecule has 2 aromatic carbocycles. The minimum atomic E-state index is 0.613. The van der Waals surface area contributed by atoms with Gasteiger partial charge in [0.15, 0.2) is 0 Å². The lowest BCUT2D eigenvalue weighted by atomic mass is 9.98. The van der Waals surface area contributed by atoms with Crippen LogP contribution in [0.1, 0.15) is 11.1 Å². The molecule has 2 rings (SSSR count). The summed E-state index contributed by atoms with van der Waals surface area (Å²) in [6, 6.07) is 17.5. The third kappa shape index (κ3) is 1.80. The van der Waals surface area contributed by atoms with Gasteiger partial charge in [-0.05, 0) is 23.3 Å². The highest BCUT2D eigenvalue weighted by molar-refractivity contribution is 5.71. The Morgan fingerprint density at radius 1 is 1.00 bits per heavy atom. The summed E-state index contributed by atoms with van der Waals surface area (Å²) in [5.41, 5.74) is 3.29. The summed E-state index contributed by atoms with van der Waals surface area (Å²) in [6.07, 6.45) is 5.30. The largest absolute Gasteiger partial charge is 0.192 e. The molecule has 0 aliphatic rings. The third-order valence-electron chi connectivity index (χ3n) is 2.39. The van der Waals surface area contributed by atoms with Gasteiger partial charge >= 0.3 is 0 Å². The van der Waals surface area contributed by atoms with Crippen molar-refractivity contribution in [2.75, 3.05) is 0 Å². The number of nitrogens with zero attached hydrogens (tertiary/aromatic N) is 1. The first kappa shape index (κ1) is 10.0. The molecule has 0 amide bonds. The highest BCUT2D eigenvalue weighted by Crippen LogP contribution is 2.23. The van der Waals surface area contributed by atoms with Gasteiger partial charge in [0, 0.05) is 5.56 Å². The van der Waals surface area contributed by atoms with E-state index in [9.17, 15) is 0 Å². The summed E-state index contributed by atoms with van der Waals surface area (Å²) in [6.45, 7) is 0. The van der Waals surface area contributed by atoms with Crippen molar-refractivity contribution in [3.05, 3.63) is 59.7 Å². The Hall–Kier alpha value is -2.51. The predicted octanol–water partition coefficient (Wildman–Crippen LogP) is 3.21. The molecule has 0 saturated carbocycles. The number of terminal acetylenes is 1. The summed E-state index contributed by atoms with van der Waals surface area (Å²) in [7, 11) is 0. The smallest absolute Gasteiger partial charge is 0.0998 e. The van der Waals surface area contributed by atoms with Crippen LogP contribution in [0.25, 0.3) is 11.1 Å². The summed E-state index contributed by atoms with van der Waals surface area (Å²) in [4.78, 5) is 0. The van der Waals surface area contributed by atoms with Crippen LogP contribution in [0, 0.1) is 23.7 Å². The molecule has 1 nitrogen and oxygen atoms in total. The molecule has 0 fully saturated rings. The molecule has 0 heterocycles. The molecule has 0 bridgehead atoms. The van der Waals surface area contributed by atoms with E-state index < -0.39 is 0 Å². The van der Waals surface area contributed by atoms with Crippen molar-refractivity contribution in [3.63, 3.8) is 0 Å². The Bertz CT molecular complexity index is 583. The van der Waals surface area contributed by atoms with E-state index in [2.05, 4.69) is 12.0 Å². The zero-order chi connectivity index (χ0) is 11.4. The van der Waals surface area contributed by atoms with Gasteiger partial charge in [0.1, 0.15) is 0 Å². The van der Waals surface area contributed by atoms with Crippen LogP contribution in [0.4, 0.5) is 0 Å². The standard InChI is InChI=1S/C15H9N/c1-2-12-8-9-15(14(10-12)11-16)13-6-4-3-5-7-13/h1,3-10H. The van der Waals surface area contributed by atoms with Crippen molar-refractivity contribution in [1.82, 2.24) is 0 Å². The van der Waals surface area contributed by atoms with Gasteiger partial charge in [-0.3, -0.25) is 0 Å². The molecule has 0 radical (unpaired) electrons. The maximum absolute atomic E-state index is 9.08. The molecular formula is C15H9N. The molecule has 0 aliphatic heterocycles. The average molecular weight is 203 g/mol. The second kappa shape index (κ2) is 4.34. The van der Waals surface area contributed by atoms with Gasteiger partial charge in [-0.25, -0.2) is 0 Å².